The number of hydrogen-bond donors (Lipinski definition) is 1. The molecule has 0 saturated heterocycles. The van der Waals surface area contributed by atoms with Crippen LogP contribution >= 0.6 is 0 Å². The molecule has 0 amide bonds. The Bertz CT molecular complexity index is 625. The van der Waals surface area contributed by atoms with E-state index in [1.165, 1.54) is 0 Å². The molecule has 0 atom stereocenters. The van der Waals surface area contributed by atoms with E-state index in [4.69, 9.17) is 14.2 Å². The summed E-state index contributed by atoms with van der Waals surface area (Å²) in [5, 5.41) is 3.31. The third-order valence-corrected chi connectivity index (χ3v) is 3.41. The molecule has 0 unspecified atom stereocenters. The highest BCUT2D eigenvalue weighted by Gasteiger charge is 2.18. The van der Waals surface area contributed by atoms with Crippen molar-refractivity contribution in [3.8, 4) is 17.2 Å². The molecule has 0 bridgehead atoms. The van der Waals surface area contributed by atoms with Gasteiger partial charge in [0.25, 0.3) is 0 Å². The second-order valence-corrected chi connectivity index (χ2v) is 4.88. The first kappa shape index (κ1) is 13.8. The van der Waals surface area contributed by atoms with Crippen LogP contribution in [0.4, 0.5) is 0 Å². The van der Waals surface area contributed by atoms with Crippen LogP contribution in [0, 0.1) is 0 Å². The van der Waals surface area contributed by atoms with Gasteiger partial charge in [-0.15, -0.1) is 0 Å². The number of aromatic nitrogens is 2. The molecule has 0 fully saturated rings. The fourth-order valence-electron chi connectivity index (χ4n) is 2.17. The van der Waals surface area contributed by atoms with Crippen molar-refractivity contribution in [2.75, 3.05) is 13.3 Å². The molecule has 0 radical (unpaired) electrons. The fraction of sp³-hybridized carbons (Fsp3) is 0.400. The number of hydrogen-bond acceptors (Lipinski definition) is 5. The van der Waals surface area contributed by atoms with E-state index in [-0.39, 0.29) is 6.79 Å². The molecule has 6 nitrogen and oxygen atoms in total. The lowest BCUT2D eigenvalue weighted by Gasteiger charge is -2.13. The molecule has 2 aromatic rings. The first-order valence-corrected chi connectivity index (χ1v) is 6.99. The van der Waals surface area contributed by atoms with Crippen molar-refractivity contribution < 1.29 is 14.2 Å². The molecule has 1 aliphatic heterocycles. The molecule has 0 aliphatic carbocycles. The second kappa shape index (κ2) is 6.05. The van der Waals surface area contributed by atoms with Crippen molar-refractivity contribution in [3.63, 3.8) is 0 Å². The Morgan fingerprint density at radius 3 is 2.86 bits per heavy atom. The minimum Gasteiger partial charge on any atom is -0.487 e. The second-order valence-electron chi connectivity index (χ2n) is 4.88. The van der Waals surface area contributed by atoms with Crippen LogP contribution in [0.15, 0.2) is 24.7 Å². The average Bonchev–Trinajstić information content (AvgIpc) is 3.10. The van der Waals surface area contributed by atoms with Crippen molar-refractivity contribution in [1.82, 2.24) is 14.9 Å². The van der Waals surface area contributed by atoms with E-state index in [2.05, 4.69) is 17.2 Å². The summed E-state index contributed by atoms with van der Waals surface area (Å²) in [6.45, 7) is 4.43. The summed E-state index contributed by atoms with van der Waals surface area (Å²) in [5.41, 5.74) is 2.07. The highest BCUT2D eigenvalue weighted by Crippen LogP contribution is 2.38. The number of ether oxygens (including phenoxy) is 3. The SMILES string of the molecule is CCNCc1cc2c(cc1OCc1cncn1C)OCO2. The van der Waals surface area contributed by atoms with Gasteiger partial charge in [-0.25, -0.2) is 4.98 Å². The molecule has 1 aliphatic rings. The van der Waals surface area contributed by atoms with E-state index >= 15 is 0 Å². The van der Waals surface area contributed by atoms with Gasteiger partial charge in [-0.1, -0.05) is 6.92 Å². The first-order valence-electron chi connectivity index (χ1n) is 6.99. The van der Waals surface area contributed by atoms with E-state index in [1.54, 1.807) is 12.5 Å². The molecular formula is C15H19N3O3. The zero-order valence-corrected chi connectivity index (χ0v) is 12.3. The number of benzene rings is 1. The smallest absolute Gasteiger partial charge is 0.231 e. The molecule has 0 spiro atoms. The van der Waals surface area contributed by atoms with Gasteiger partial charge in [0.1, 0.15) is 12.4 Å². The maximum atomic E-state index is 5.95. The Hall–Kier alpha value is -2.21. The Morgan fingerprint density at radius 2 is 2.14 bits per heavy atom. The maximum absolute atomic E-state index is 5.95. The summed E-state index contributed by atoms with van der Waals surface area (Å²) in [6.07, 6.45) is 3.56. The van der Waals surface area contributed by atoms with Crippen LogP contribution in [0.2, 0.25) is 0 Å². The van der Waals surface area contributed by atoms with Crippen LogP contribution in [0.5, 0.6) is 17.2 Å². The summed E-state index contributed by atoms with van der Waals surface area (Å²) in [4.78, 5) is 4.09. The molecule has 112 valence electrons. The van der Waals surface area contributed by atoms with E-state index in [0.717, 1.165) is 41.6 Å². The summed E-state index contributed by atoms with van der Waals surface area (Å²) in [5.74, 6) is 2.31. The molecule has 6 heteroatoms. The fourth-order valence-corrected chi connectivity index (χ4v) is 2.17. The number of rotatable bonds is 6. The third-order valence-electron chi connectivity index (χ3n) is 3.41. The minimum absolute atomic E-state index is 0.265. The maximum Gasteiger partial charge on any atom is 0.231 e. The number of fused-ring (bicyclic) bond motifs is 1. The largest absolute Gasteiger partial charge is 0.487 e. The van der Waals surface area contributed by atoms with Crippen LogP contribution in [0.1, 0.15) is 18.2 Å². The summed E-state index contributed by atoms with van der Waals surface area (Å²) >= 11 is 0. The normalized spacial score (nSPS) is 12.7. The van der Waals surface area contributed by atoms with Gasteiger partial charge in [0.15, 0.2) is 11.5 Å². The van der Waals surface area contributed by atoms with Crippen LogP contribution < -0.4 is 19.5 Å². The Morgan fingerprint density at radius 1 is 1.33 bits per heavy atom. The van der Waals surface area contributed by atoms with Crippen LogP contribution in [0.25, 0.3) is 0 Å². The standard InChI is InChI=1S/C15H19N3O3/c1-3-16-6-11-4-14-15(21-10-20-14)5-13(11)19-8-12-7-17-9-18(12)2/h4-5,7,9,16H,3,6,8,10H2,1-2H3. The Labute approximate surface area is 123 Å². The molecule has 1 aromatic heterocycles. The van der Waals surface area contributed by atoms with Gasteiger partial charge >= 0.3 is 0 Å². The van der Waals surface area contributed by atoms with E-state index in [1.807, 2.05) is 23.7 Å². The lowest BCUT2D eigenvalue weighted by atomic mass is 10.1. The molecule has 2 heterocycles. The van der Waals surface area contributed by atoms with Gasteiger partial charge in [-0.05, 0) is 12.6 Å². The molecule has 1 aromatic carbocycles. The Kier molecular flexibility index (Phi) is 3.96. The molecule has 21 heavy (non-hydrogen) atoms. The highest BCUT2D eigenvalue weighted by atomic mass is 16.7. The highest BCUT2D eigenvalue weighted by molar-refractivity contribution is 5.51. The predicted molar refractivity (Wildman–Crippen MR) is 77.5 cm³/mol. The van der Waals surface area contributed by atoms with Crippen LogP contribution in [-0.2, 0) is 20.2 Å². The van der Waals surface area contributed by atoms with E-state index < -0.39 is 0 Å². The number of imidazole rings is 1. The summed E-state index contributed by atoms with van der Waals surface area (Å²) < 4.78 is 18.7. The molecule has 3 rings (SSSR count). The summed E-state index contributed by atoms with van der Waals surface area (Å²) in [7, 11) is 1.95. The van der Waals surface area contributed by atoms with Crippen molar-refractivity contribution in [1.29, 1.82) is 0 Å². The quantitative estimate of drug-likeness (QED) is 0.879. The monoisotopic (exact) mass is 289 g/mol. The minimum atomic E-state index is 0.265. The van der Waals surface area contributed by atoms with Crippen LogP contribution in [-0.4, -0.2) is 22.9 Å². The average molecular weight is 289 g/mol. The number of nitrogens with one attached hydrogen (secondary N) is 1. The number of nitrogens with zero attached hydrogens (tertiary/aromatic N) is 2. The van der Waals surface area contributed by atoms with Crippen molar-refractivity contribution >= 4 is 0 Å². The lowest BCUT2D eigenvalue weighted by molar-refractivity contribution is 0.173. The van der Waals surface area contributed by atoms with Crippen molar-refractivity contribution in [2.45, 2.75) is 20.1 Å². The van der Waals surface area contributed by atoms with Crippen molar-refractivity contribution in [3.05, 3.63) is 35.9 Å². The van der Waals surface area contributed by atoms with Gasteiger partial charge in [0, 0.05) is 25.2 Å². The predicted octanol–water partition coefficient (Wildman–Crippen LogP) is 1.84. The van der Waals surface area contributed by atoms with Gasteiger partial charge < -0.3 is 24.1 Å². The van der Waals surface area contributed by atoms with Gasteiger partial charge in [0.05, 0.1) is 18.2 Å². The van der Waals surface area contributed by atoms with E-state index in [0.29, 0.717) is 6.61 Å². The van der Waals surface area contributed by atoms with Gasteiger partial charge in [-0.2, -0.15) is 0 Å². The topological polar surface area (TPSA) is 57.5 Å². The van der Waals surface area contributed by atoms with E-state index in [9.17, 15) is 0 Å². The molecule has 1 N–H and O–H groups in total. The zero-order valence-electron chi connectivity index (χ0n) is 12.3. The zero-order chi connectivity index (χ0) is 14.7. The Balaban J connectivity index is 1.80. The lowest BCUT2D eigenvalue weighted by Crippen LogP contribution is -2.13. The van der Waals surface area contributed by atoms with Gasteiger partial charge in [0.2, 0.25) is 6.79 Å². The summed E-state index contributed by atoms with van der Waals surface area (Å²) in [6, 6.07) is 3.87. The van der Waals surface area contributed by atoms with Crippen LogP contribution in [0.3, 0.4) is 0 Å². The first-order chi connectivity index (χ1) is 10.3. The molecule has 0 saturated carbocycles. The van der Waals surface area contributed by atoms with Crippen molar-refractivity contribution in [2.24, 2.45) is 7.05 Å². The third kappa shape index (κ3) is 2.95. The van der Waals surface area contributed by atoms with Gasteiger partial charge in [-0.3, -0.25) is 0 Å². The molecular weight excluding hydrogens is 270 g/mol. The number of aryl methyl sites for hydroxylation is 1.